The second kappa shape index (κ2) is 9.36. The van der Waals surface area contributed by atoms with E-state index in [1.165, 1.54) is 0 Å². The van der Waals surface area contributed by atoms with Crippen molar-refractivity contribution in [3.05, 3.63) is 0 Å². The van der Waals surface area contributed by atoms with E-state index in [2.05, 4.69) is 135 Å². The summed E-state index contributed by atoms with van der Waals surface area (Å²) in [4.78, 5) is 0. The average molecular weight is 861 g/mol. The zero-order valence-corrected chi connectivity index (χ0v) is 39.9. The molecule has 216 valence electrons. The Hall–Kier alpha value is 3.22. The van der Waals surface area contributed by atoms with Crippen LogP contribution < -0.4 is 0 Å². The molecular weight excluding hydrogens is 800 g/mol. The molecule has 1 aliphatic heterocycles. The lowest BCUT2D eigenvalue weighted by Gasteiger charge is -2.88. The molecule has 0 aromatic heterocycles. The highest BCUT2D eigenvalue weighted by molar-refractivity contribution is 9.37. The molecule has 1 saturated heterocycles. The zero-order chi connectivity index (χ0) is 30.0. The van der Waals surface area contributed by atoms with Gasteiger partial charge in [0, 0.05) is 6.39 Å². The van der Waals surface area contributed by atoms with Crippen molar-refractivity contribution in [2.75, 3.05) is 0 Å². The summed E-state index contributed by atoms with van der Waals surface area (Å²) in [6, 6.07) is 0. The van der Waals surface area contributed by atoms with Crippen molar-refractivity contribution in [1.29, 1.82) is 0 Å². The molecule has 1 aliphatic rings. The first kappa shape index (κ1) is 37.2. The molecule has 1 fully saturated rings. The Morgan fingerprint density at radius 2 is 0.556 bits per heavy atom. The van der Waals surface area contributed by atoms with Crippen LogP contribution in [0.3, 0.4) is 0 Å². The van der Waals surface area contributed by atoms with Crippen molar-refractivity contribution in [3.8, 4) is 0 Å². The van der Waals surface area contributed by atoms with E-state index in [0.29, 0.717) is 0 Å². The standard InChI is InChI=1S/C26H60Br4Si6/c1-21(2,3)33(19,22(4,5)6)35(29)25(27,31(13,14)15)36(30,26(35,28)32(16,17)18)34(20,23(7,8)9)24(10,11)12/h1-20H3. The predicted octanol–water partition coefficient (Wildman–Crippen LogP) is 12.4. The summed E-state index contributed by atoms with van der Waals surface area (Å²) in [6.45, 7) is 53.0. The first-order valence-electron chi connectivity index (χ1n) is 13.8. The Labute approximate surface area is 265 Å². The van der Waals surface area contributed by atoms with E-state index in [1.807, 2.05) is 0 Å². The first-order chi connectivity index (χ1) is 15.0. The van der Waals surface area contributed by atoms with E-state index in [0.717, 1.165) is 0 Å². The van der Waals surface area contributed by atoms with Gasteiger partial charge in [-0.25, -0.2) is 0 Å². The summed E-state index contributed by atoms with van der Waals surface area (Å²) in [5.41, 5.74) is 0. The number of hydrogen-bond acceptors (Lipinski definition) is 0. The van der Waals surface area contributed by atoms with Crippen molar-refractivity contribution in [2.45, 2.75) is 162 Å². The van der Waals surface area contributed by atoms with Crippen LogP contribution in [-0.4, -0.2) is 50.1 Å². The highest BCUT2D eigenvalue weighted by Gasteiger charge is 3.00. The van der Waals surface area contributed by atoms with Crippen molar-refractivity contribution in [1.82, 2.24) is 0 Å². The van der Waals surface area contributed by atoms with Gasteiger partial charge >= 0.3 is 0 Å². The van der Waals surface area contributed by atoms with Crippen molar-refractivity contribution < 1.29 is 0 Å². The average Bonchev–Trinajstić information content (AvgIpc) is 2.57. The summed E-state index contributed by atoms with van der Waals surface area (Å²) >= 11 is 20.2. The monoisotopic (exact) mass is 856 g/mol. The topological polar surface area (TPSA) is 0 Å². The molecule has 0 spiro atoms. The molecule has 1 heterocycles. The van der Waals surface area contributed by atoms with Crippen LogP contribution in [0.25, 0.3) is 0 Å². The lowest BCUT2D eigenvalue weighted by atomic mass is 10.2. The quantitative estimate of drug-likeness (QED) is 0.150. The number of alkyl halides is 2. The van der Waals surface area contributed by atoms with E-state index in [4.69, 9.17) is 62.4 Å². The first-order valence-corrected chi connectivity index (χ1v) is 37.9. The molecule has 0 atom stereocenters. The molecule has 0 aromatic carbocycles. The van der Waals surface area contributed by atoms with Gasteiger partial charge in [0.2, 0.25) is 0 Å². The normalized spacial score (nSPS) is 34.0. The molecule has 10 heteroatoms. The Kier molecular flexibility index (Phi) is 9.68. The van der Waals surface area contributed by atoms with E-state index < -0.39 is 43.8 Å². The summed E-state index contributed by atoms with van der Waals surface area (Å²) < 4.78 is 0.458. The van der Waals surface area contributed by atoms with Gasteiger partial charge in [-0.1, -0.05) is 167 Å². The Balaban J connectivity index is 4.77. The van der Waals surface area contributed by atoms with Crippen molar-refractivity contribution in [3.63, 3.8) is 0 Å². The fraction of sp³-hybridized carbons (Fsp3) is 1.00. The molecular formula is C26H60Br4Si6. The lowest BCUT2D eigenvalue weighted by Crippen LogP contribution is -3.13. The van der Waals surface area contributed by atoms with Crippen molar-refractivity contribution >= 4 is 106 Å². The molecule has 0 nitrogen and oxygen atoms in total. The van der Waals surface area contributed by atoms with Gasteiger partial charge < -0.3 is 0 Å². The van der Waals surface area contributed by atoms with Gasteiger partial charge in [-0.2, -0.15) is 0 Å². The van der Waals surface area contributed by atoms with Crippen molar-refractivity contribution in [2.24, 2.45) is 0 Å². The minimum atomic E-state index is -2.24. The van der Waals surface area contributed by atoms with Gasteiger partial charge in [0.1, 0.15) is 12.4 Å². The van der Waals surface area contributed by atoms with Crippen LogP contribution in [0.4, 0.5) is 0 Å². The third-order valence-electron chi connectivity index (χ3n) is 11.3. The van der Waals surface area contributed by atoms with Crippen LogP contribution in [0.2, 0.25) is 72.5 Å². The third kappa shape index (κ3) is 3.95. The second-order valence-corrected chi connectivity index (χ2v) is 76.8. The van der Waals surface area contributed by atoms with E-state index in [-0.39, 0.29) is 26.5 Å². The molecule has 0 aromatic rings. The van der Waals surface area contributed by atoms with Gasteiger partial charge in [0.15, 0.2) is 0 Å². The fourth-order valence-corrected chi connectivity index (χ4v) is 197. The summed E-state index contributed by atoms with van der Waals surface area (Å²) in [5.74, 6) is 0. The summed E-state index contributed by atoms with van der Waals surface area (Å²) in [7, 11) is -7.55. The highest BCUT2D eigenvalue weighted by atomic mass is 79.9. The van der Waals surface area contributed by atoms with E-state index >= 15 is 0 Å². The molecule has 1 rings (SSSR count). The predicted molar refractivity (Wildman–Crippen MR) is 201 cm³/mol. The minimum absolute atomic E-state index is 0.229. The highest BCUT2D eigenvalue weighted by Crippen LogP contribution is 2.83. The molecule has 0 saturated carbocycles. The molecule has 0 N–H and O–H groups in total. The van der Waals surface area contributed by atoms with Crippen LogP contribution in [0.5, 0.6) is 0 Å². The fourth-order valence-electron chi connectivity index (χ4n) is 8.65. The maximum absolute atomic E-state index is 5.08. The summed E-state index contributed by atoms with van der Waals surface area (Å²) in [5, 5.41) is 1.12. The number of halogens is 4. The zero-order valence-electron chi connectivity index (χ0n) is 27.5. The SMILES string of the molecule is CC(C)(C)[Si](C)(C(C)(C)C)[Si]1(Br)C(Br)([Si](C)(C)C)[Si](Br)([Si](C)(C(C)(C)C)C(C)(C)C)C1(Br)[Si](C)(C)C. The van der Waals surface area contributed by atoms with Gasteiger partial charge in [0.25, 0.3) is 0 Å². The number of rotatable bonds is 4. The molecule has 0 unspecified atom stereocenters. The molecule has 36 heavy (non-hydrogen) atoms. The van der Waals surface area contributed by atoms with Crippen LogP contribution in [0.1, 0.15) is 83.1 Å². The molecule has 0 radical (unpaired) electrons. The lowest BCUT2D eigenvalue weighted by molar-refractivity contribution is 0.628. The maximum Gasteiger partial charge on any atom is 0.146 e. The minimum Gasteiger partial charge on any atom is -0.128 e. The molecule has 0 amide bonds. The Morgan fingerprint density at radius 3 is 0.639 bits per heavy atom. The van der Waals surface area contributed by atoms with Crippen LogP contribution in [-0.2, 0) is 0 Å². The summed E-state index contributed by atoms with van der Waals surface area (Å²) in [6.07, 6.45) is -4.49. The van der Waals surface area contributed by atoms with Gasteiger partial charge in [0.05, 0.1) is 31.3 Å². The van der Waals surface area contributed by atoms with Crippen LogP contribution in [0, 0.1) is 0 Å². The second-order valence-electron chi connectivity index (χ2n) is 18.4. The van der Waals surface area contributed by atoms with Gasteiger partial charge in [-0.15, -0.1) is 30.6 Å². The molecule has 0 aliphatic carbocycles. The smallest absolute Gasteiger partial charge is 0.128 e. The Bertz CT molecular complexity index is 752. The van der Waals surface area contributed by atoms with Crippen LogP contribution in [0.15, 0.2) is 0 Å². The van der Waals surface area contributed by atoms with E-state index in [1.54, 1.807) is 0 Å². The van der Waals surface area contributed by atoms with Gasteiger partial charge in [-0.05, 0) is 20.2 Å². The molecule has 0 bridgehead atoms. The van der Waals surface area contributed by atoms with Crippen LogP contribution >= 0.6 is 62.4 Å². The number of hydrogen-bond donors (Lipinski definition) is 0. The Morgan fingerprint density at radius 1 is 0.417 bits per heavy atom. The third-order valence-corrected chi connectivity index (χ3v) is 135. The van der Waals surface area contributed by atoms with Gasteiger partial charge in [-0.3, -0.25) is 0 Å². The van der Waals surface area contributed by atoms with E-state index in [9.17, 15) is 0 Å². The maximum atomic E-state index is 5.08. The largest absolute Gasteiger partial charge is 0.146 e.